The number of piperazine rings is 1. The molecule has 0 aromatic heterocycles. The van der Waals surface area contributed by atoms with E-state index in [0.29, 0.717) is 5.02 Å². The van der Waals surface area contributed by atoms with Gasteiger partial charge in [0.05, 0.1) is 4.90 Å². The molecule has 0 spiro atoms. The van der Waals surface area contributed by atoms with E-state index in [1.807, 2.05) is 0 Å². The van der Waals surface area contributed by atoms with Gasteiger partial charge in [-0.15, -0.1) is 0 Å². The fourth-order valence-corrected chi connectivity index (χ4v) is 4.19. The second kappa shape index (κ2) is 8.67. The van der Waals surface area contributed by atoms with Crippen LogP contribution in [0.5, 0.6) is 0 Å². The zero-order valence-electron chi connectivity index (χ0n) is 16.5. The number of nitrogens with zero attached hydrogens (tertiary/aromatic N) is 3. The molecular formula is C18H26ClN3O5S. The Kier molecular flexibility index (Phi) is 6.95. The number of halogens is 1. The SMILES string of the molecule is CN(CC(=O)N1CCN(S(=O)(=O)c2ccc(Cl)cc2)CC1)C(=O)OC(C)(C)C. The van der Waals surface area contributed by atoms with Crippen LogP contribution in [-0.2, 0) is 19.6 Å². The van der Waals surface area contributed by atoms with Crippen molar-refractivity contribution < 1.29 is 22.7 Å². The molecule has 0 aliphatic carbocycles. The standard InChI is InChI=1S/C18H26ClN3O5S/c1-18(2,3)27-17(24)20(4)13-16(23)21-9-11-22(12-10-21)28(25,26)15-7-5-14(19)6-8-15/h5-8H,9-13H2,1-4H3. The Labute approximate surface area is 171 Å². The van der Waals surface area contributed by atoms with Gasteiger partial charge in [0.15, 0.2) is 0 Å². The lowest BCUT2D eigenvalue weighted by Crippen LogP contribution is -2.52. The van der Waals surface area contributed by atoms with Gasteiger partial charge in [0, 0.05) is 38.2 Å². The number of amides is 2. The third-order valence-electron chi connectivity index (χ3n) is 4.12. The van der Waals surface area contributed by atoms with Crippen LogP contribution in [0.1, 0.15) is 20.8 Å². The highest BCUT2D eigenvalue weighted by molar-refractivity contribution is 7.89. The number of likely N-dealkylation sites (N-methyl/N-ethyl adjacent to an activating group) is 1. The summed E-state index contributed by atoms with van der Waals surface area (Å²) in [6.07, 6.45) is -0.579. The van der Waals surface area contributed by atoms with Crippen molar-refractivity contribution >= 4 is 33.6 Å². The molecule has 0 atom stereocenters. The van der Waals surface area contributed by atoms with Crippen molar-refractivity contribution in [3.63, 3.8) is 0 Å². The first-order valence-electron chi connectivity index (χ1n) is 8.88. The maximum atomic E-state index is 12.7. The smallest absolute Gasteiger partial charge is 0.410 e. The Morgan fingerprint density at radius 3 is 2.14 bits per heavy atom. The van der Waals surface area contributed by atoms with Gasteiger partial charge in [0.2, 0.25) is 15.9 Å². The van der Waals surface area contributed by atoms with Gasteiger partial charge < -0.3 is 14.5 Å². The lowest BCUT2D eigenvalue weighted by molar-refractivity contribution is -0.133. The first-order chi connectivity index (χ1) is 12.9. The first kappa shape index (κ1) is 22.4. The van der Waals surface area contributed by atoms with Crippen LogP contribution in [0.4, 0.5) is 4.79 Å². The van der Waals surface area contributed by atoms with Gasteiger partial charge in [0.1, 0.15) is 12.1 Å². The van der Waals surface area contributed by atoms with Crippen molar-refractivity contribution in [3.8, 4) is 0 Å². The molecule has 8 nitrogen and oxygen atoms in total. The fourth-order valence-electron chi connectivity index (χ4n) is 2.64. The molecule has 2 rings (SSSR count). The van der Waals surface area contributed by atoms with Crippen molar-refractivity contribution in [2.75, 3.05) is 39.8 Å². The van der Waals surface area contributed by atoms with E-state index in [1.54, 1.807) is 25.7 Å². The summed E-state index contributed by atoms with van der Waals surface area (Å²) >= 11 is 5.81. The van der Waals surface area contributed by atoms with Crippen LogP contribution in [0.15, 0.2) is 29.2 Å². The molecule has 156 valence electrons. The summed E-state index contributed by atoms with van der Waals surface area (Å²) in [6, 6.07) is 5.98. The number of rotatable bonds is 4. The molecule has 1 aromatic carbocycles. The van der Waals surface area contributed by atoms with E-state index in [9.17, 15) is 18.0 Å². The molecule has 0 saturated carbocycles. The van der Waals surface area contributed by atoms with Crippen LogP contribution >= 0.6 is 11.6 Å². The van der Waals surface area contributed by atoms with E-state index in [2.05, 4.69) is 0 Å². The van der Waals surface area contributed by atoms with E-state index in [-0.39, 0.29) is 43.5 Å². The van der Waals surface area contributed by atoms with E-state index in [4.69, 9.17) is 16.3 Å². The van der Waals surface area contributed by atoms with Crippen molar-refractivity contribution in [2.45, 2.75) is 31.3 Å². The van der Waals surface area contributed by atoms with Crippen LogP contribution in [0.25, 0.3) is 0 Å². The summed E-state index contributed by atoms with van der Waals surface area (Å²) in [5.74, 6) is -0.253. The van der Waals surface area contributed by atoms with Crippen molar-refractivity contribution in [2.24, 2.45) is 0 Å². The number of hydrogen-bond donors (Lipinski definition) is 0. The molecule has 0 unspecified atom stereocenters. The Bertz CT molecular complexity index is 813. The van der Waals surface area contributed by atoms with Gasteiger partial charge in [0.25, 0.3) is 0 Å². The molecule has 2 amide bonds. The second-order valence-electron chi connectivity index (χ2n) is 7.58. The zero-order chi connectivity index (χ0) is 21.1. The quantitative estimate of drug-likeness (QED) is 0.728. The summed E-state index contributed by atoms with van der Waals surface area (Å²) < 4.78 is 31.9. The van der Waals surface area contributed by atoms with Crippen LogP contribution in [0.2, 0.25) is 5.02 Å². The predicted molar refractivity (Wildman–Crippen MR) is 106 cm³/mol. The molecule has 1 aromatic rings. The first-order valence-corrected chi connectivity index (χ1v) is 10.7. The molecule has 0 radical (unpaired) electrons. The average Bonchev–Trinajstić information content (AvgIpc) is 2.60. The number of sulfonamides is 1. The normalized spacial score (nSPS) is 16.0. The molecule has 1 heterocycles. The minimum absolute atomic E-state index is 0.126. The van der Waals surface area contributed by atoms with Crippen molar-refractivity contribution in [3.05, 3.63) is 29.3 Å². The van der Waals surface area contributed by atoms with Crippen LogP contribution in [0.3, 0.4) is 0 Å². The van der Waals surface area contributed by atoms with E-state index < -0.39 is 21.7 Å². The minimum atomic E-state index is -3.63. The largest absolute Gasteiger partial charge is 0.444 e. The van der Waals surface area contributed by atoms with Gasteiger partial charge in [-0.1, -0.05) is 11.6 Å². The average molecular weight is 432 g/mol. The van der Waals surface area contributed by atoms with Crippen molar-refractivity contribution in [1.82, 2.24) is 14.1 Å². The van der Waals surface area contributed by atoms with E-state index >= 15 is 0 Å². The highest BCUT2D eigenvalue weighted by atomic mass is 35.5. The lowest BCUT2D eigenvalue weighted by Gasteiger charge is -2.35. The third kappa shape index (κ3) is 5.83. The molecule has 1 aliphatic rings. The summed E-state index contributed by atoms with van der Waals surface area (Å²) in [6.45, 7) is 6.02. The summed E-state index contributed by atoms with van der Waals surface area (Å²) in [5.41, 5.74) is -0.643. The van der Waals surface area contributed by atoms with Crippen LogP contribution < -0.4 is 0 Å². The molecular weight excluding hydrogens is 406 g/mol. The third-order valence-corrected chi connectivity index (χ3v) is 6.29. The zero-order valence-corrected chi connectivity index (χ0v) is 18.1. The summed E-state index contributed by atoms with van der Waals surface area (Å²) in [5, 5.41) is 0.462. The van der Waals surface area contributed by atoms with Gasteiger partial charge in [-0.3, -0.25) is 4.79 Å². The molecule has 0 N–H and O–H groups in total. The Balaban J connectivity index is 1.91. The molecule has 0 bridgehead atoms. The Morgan fingerprint density at radius 1 is 1.11 bits per heavy atom. The molecule has 1 fully saturated rings. The number of hydrogen-bond acceptors (Lipinski definition) is 5. The highest BCUT2D eigenvalue weighted by Crippen LogP contribution is 2.20. The van der Waals surface area contributed by atoms with E-state index in [1.165, 1.54) is 40.5 Å². The lowest BCUT2D eigenvalue weighted by atomic mass is 10.2. The maximum Gasteiger partial charge on any atom is 0.410 e. The number of carbonyl (C=O) groups is 2. The van der Waals surface area contributed by atoms with E-state index in [0.717, 1.165) is 0 Å². The Morgan fingerprint density at radius 2 is 1.64 bits per heavy atom. The van der Waals surface area contributed by atoms with Crippen LogP contribution in [0, 0.1) is 0 Å². The topological polar surface area (TPSA) is 87.2 Å². The van der Waals surface area contributed by atoms with Gasteiger partial charge >= 0.3 is 6.09 Å². The predicted octanol–water partition coefficient (Wildman–Crippen LogP) is 2.04. The number of ether oxygens (including phenoxy) is 1. The highest BCUT2D eigenvalue weighted by Gasteiger charge is 2.31. The van der Waals surface area contributed by atoms with Crippen LogP contribution in [-0.4, -0.2) is 79.9 Å². The van der Waals surface area contributed by atoms with Gasteiger partial charge in [-0.25, -0.2) is 13.2 Å². The fraction of sp³-hybridized carbons (Fsp3) is 0.556. The monoisotopic (exact) mass is 431 g/mol. The minimum Gasteiger partial charge on any atom is -0.444 e. The van der Waals surface area contributed by atoms with Crippen molar-refractivity contribution in [1.29, 1.82) is 0 Å². The van der Waals surface area contributed by atoms with Gasteiger partial charge in [-0.2, -0.15) is 4.31 Å². The second-order valence-corrected chi connectivity index (χ2v) is 9.95. The maximum absolute atomic E-state index is 12.7. The molecule has 1 saturated heterocycles. The molecule has 10 heteroatoms. The number of carbonyl (C=O) groups excluding carboxylic acids is 2. The van der Waals surface area contributed by atoms with Gasteiger partial charge in [-0.05, 0) is 45.0 Å². The summed E-state index contributed by atoms with van der Waals surface area (Å²) in [4.78, 5) is 27.3. The molecule has 28 heavy (non-hydrogen) atoms. The Hall–Kier alpha value is -1.84. The summed E-state index contributed by atoms with van der Waals surface area (Å²) in [7, 11) is -2.14. The molecule has 1 aliphatic heterocycles. The number of benzene rings is 1.